The van der Waals surface area contributed by atoms with Gasteiger partial charge in [-0.05, 0) is 35.5 Å². The number of aromatic nitrogens is 4. The molecule has 1 aromatic carbocycles. The van der Waals surface area contributed by atoms with Crippen molar-refractivity contribution in [3.63, 3.8) is 0 Å². The lowest BCUT2D eigenvalue weighted by molar-refractivity contribution is 0.248. The van der Waals surface area contributed by atoms with Gasteiger partial charge in [-0.1, -0.05) is 58.0 Å². The third-order valence-corrected chi connectivity index (χ3v) is 5.89. The average molecular weight is 448 g/mol. The molecular formula is C25H33N7O. The van der Waals surface area contributed by atoms with Gasteiger partial charge >= 0.3 is 0 Å². The molecule has 8 heteroatoms. The lowest BCUT2D eigenvalue weighted by Gasteiger charge is -2.20. The van der Waals surface area contributed by atoms with E-state index in [1.165, 1.54) is 0 Å². The van der Waals surface area contributed by atoms with Crippen molar-refractivity contribution in [1.29, 1.82) is 0 Å². The largest absolute Gasteiger partial charge is 0.394 e. The first-order valence-electron chi connectivity index (χ1n) is 11.6. The summed E-state index contributed by atoms with van der Waals surface area (Å²) < 4.78 is 1.75. The van der Waals surface area contributed by atoms with Gasteiger partial charge in [-0.15, -0.1) is 0 Å². The Hall–Kier alpha value is -3.26. The molecule has 4 rings (SSSR count). The number of hydrogen-bond acceptors (Lipinski definition) is 7. The highest BCUT2D eigenvalue weighted by Crippen LogP contribution is 2.23. The fourth-order valence-corrected chi connectivity index (χ4v) is 3.74. The second-order valence-corrected chi connectivity index (χ2v) is 9.05. The lowest BCUT2D eigenvalue weighted by Crippen LogP contribution is -2.30. The Kier molecular flexibility index (Phi) is 7.03. The van der Waals surface area contributed by atoms with E-state index < -0.39 is 0 Å². The van der Waals surface area contributed by atoms with Crippen LogP contribution in [0.25, 0.3) is 5.65 Å². The number of benzene rings is 1. The van der Waals surface area contributed by atoms with Gasteiger partial charge in [-0.25, -0.2) is 0 Å². The van der Waals surface area contributed by atoms with Crippen molar-refractivity contribution in [3.05, 3.63) is 59.3 Å². The summed E-state index contributed by atoms with van der Waals surface area (Å²) in [6, 6.07) is 8.29. The Labute approximate surface area is 194 Å². The molecule has 33 heavy (non-hydrogen) atoms. The summed E-state index contributed by atoms with van der Waals surface area (Å²) in [5, 5.41) is 21.0. The van der Waals surface area contributed by atoms with Gasteiger partial charge in [0.05, 0.1) is 24.6 Å². The second-order valence-electron chi connectivity index (χ2n) is 9.05. The monoisotopic (exact) mass is 447 g/mol. The lowest BCUT2D eigenvalue weighted by atomic mass is 10.1. The van der Waals surface area contributed by atoms with E-state index in [1.54, 1.807) is 4.52 Å². The van der Waals surface area contributed by atoms with Crippen LogP contribution in [-0.4, -0.2) is 49.6 Å². The minimum absolute atomic E-state index is 0.0120. The van der Waals surface area contributed by atoms with E-state index in [4.69, 9.17) is 4.98 Å². The first-order chi connectivity index (χ1) is 16.0. The van der Waals surface area contributed by atoms with Crippen LogP contribution < -0.4 is 10.6 Å². The predicted octanol–water partition coefficient (Wildman–Crippen LogP) is 4.04. The van der Waals surface area contributed by atoms with E-state index in [-0.39, 0.29) is 24.5 Å². The van der Waals surface area contributed by atoms with Gasteiger partial charge in [0.2, 0.25) is 11.9 Å². The number of aliphatic imine (C=N–C) groups is 1. The molecule has 1 aliphatic heterocycles. The van der Waals surface area contributed by atoms with Crippen LogP contribution in [0, 0.1) is 5.92 Å². The molecule has 1 aliphatic rings. The van der Waals surface area contributed by atoms with Crippen LogP contribution in [0.5, 0.6) is 0 Å². The summed E-state index contributed by atoms with van der Waals surface area (Å²) >= 11 is 0. The molecule has 3 N–H and O–H groups in total. The number of allylic oxidation sites excluding steroid dienone is 1. The van der Waals surface area contributed by atoms with Crippen molar-refractivity contribution in [2.24, 2.45) is 10.9 Å². The number of fused-ring (bicyclic) bond motifs is 1. The maximum Gasteiger partial charge on any atom is 0.229 e. The van der Waals surface area contributed by atoms with E-state index >= 15 is 0 Å². The van der Waals surface area contributed by atoms with Crippen molar-refractivity contribution in [2.75, 3.05) is 23.8 Å². The molecule has 0 radical (unpaired) electrons. The number of aliphatic hydroxyl groups excluding tert-OH is 1. The minimum atomic E-state index is -0.130. The zero-order valence-corrected chi connectivity index (χ0v) is 19.8. The zero-order chi connectivity index (χ0) is 23.4. The maximum absolute atomic E-state index is 9.75. The second kappa shape index (κ2) is 10.1. The van der Waals surface area contributed by atoms with Crippen LogP contribution >= 0.6 is 0 Å². The summed E-state index contributed by atoms with van der Waals surface area (Å²) in [6.07, 6.45) is 7.12. The Morgan fingerprint density at radius 2 is 1.88 bits per heavy atom. The molecule has 1 unspecified atom stereocenters. The Balaban J connectivity index is 1.58. The summed E-state index contributed by atoms with van der Waals surface area (Å²) in [6.45, 7) is 9.82. The first-order valence-corrected chi connectivity index (χ1v) is 11.6. The Morgan fingerprint density at radius 1 is 1.09 bits per heavy atom. The highest BCUT2D eigenvalue weighted by atomic mass is 16.3. The van der Waals surface area contributed by atoms with Crippen LogP contribution in [0.1, 0.15) is 56.7 Å². The van der Waals surface area contributed by atoms with E-state index in [0.717, 1.165) is 41.0 Å². The topological polar surface area (TPSA) is 99.7 Å². The van der Waals surface area contributed by atoms with Crippen LogP contribution in [-0.2, 0) is 6.54 Å². The highest BCUT2D eigenvalue weighted by molar-refractivity contribution is 6.09. The van der Waals surface area contributed by atoms with Crippen molar-refractivity contribution < 1.29 is 5.11 Å². The molecule has 2 aromatic heterocycles. The third-order valence-electron chi connectivity index (χ3n) is 5.89. The van der Waals surface area contributed by atoms with Crippen molar-refractivity contribution in [1.82, 2.24) is 19.6 Å². The number of anilines is 2. The summed E-state index contributed by atoms with van der Waals surface area (Å²) in [5.74, 6) is 1.61. The van der Waals surface area contributed by atoms with Crippen molar-refractivity contribution >= 4 is 23.3 Å². The third kappa shape index (κ3) is 5.22. The SMILES string of the molecule is CC(C)c1cnn2c(NCc3ccc(C4=NCCC=C4)cc3)nc(NC(CO)C(C)C)nc12. The van der Waals surface area contributed by atoms with Crippen molar-refractivity contribution in [3.8, 4) is 0 Å². The van der Waals surface area contributed by atoms with Crippen molar-refractivity contribution in [2.45, 2.75) is 52.6 Å². The molecule has 0 bridgehead atoms. The Morgan fingerprint density at radius 3 is 2.52 bits per heavy atom. The van der Waals surface area contributed by atoms with Gasteiger partial charge < -0.3 is 15.7 Å². The quantitative estimate of drug-likeness (QED) is 0.458. The fraction of sp³-hybridized carbons (Fsp3) is 0.440. The summed E-state index contributed by atoms with van der Waals surface area (Å²) in [5.41, 5.74) is 5.12. The molecule has 1 atom stereocenters. The molecule has 0 spiro atoms. The number of hydrogen-bond donors (Lipinski definition) is 3. The smallest absolute Gasteiger partial charge is 0.229 e. The van der Waals surface area contributed by atoms with Crippen LogP contribution in [0.2, 0.25) is 0 Å². The predicted molar refractivity (Wildman–Crippen MR) is 133 cm³/mol. The van der Waals surface area contributed by atoms with Gasteiger partial charge in [-0.3, -0.25) is 4.99 Å². The number of dihydropyridines is 1. The first kappa shape index (κ1) is 22.9. The normalized spacial score (nSPS) is 14.7. The zero-order valence-electron chi connectivity index (χ0n) is 19.8. The molecule has 0 fully saturated rings. The minimum Gasteiger partial charge on any atom is -0.394 e. The van der Waals surface area contributed by atoms with Gasteiger partial charge in [-0.2, -0.15) is 19.6 Å². The summed E-state index contributed by atoms with van der Waals surface area (Å²) in [4.78, 5) is 14.0. The standard InChI is InChI=1S/C25H33N7O/c1-16(2)20-14-28-32-23(20)30-24(29-22(15-33)17(3)4)31-25(32)27-13-18-8-10-19(11-9-18)21-7-5-6-12-26-21/h5,7-11,14,16-17,22,33H,6,12-13,15H2,1-4H3,(H2,27,29,30,31). The van der Waals surface area contributed by atoms with Gasteiger partial charge in [0, 0.05) is 18.7 Å². The van der Waals surface area contributed by atoms with E-state index in [2.05, 4.69) is 89.8 Å². The molecule has 8 nitrogen and oxygen atoms in total. The number of nitrogens with zero attached hydrogens (tertiary/aromatic N) is 5. The van der Waals surface area contributed by atoms with Gasteiger partial charge in [0.25, 0.3) is 0 Å². The Bertz CT molecular complexity index is 1150. The maximum atomic E-state index is 9.75. The van der Waals surface area contributed by atoms with Crippen LogP contribution in [0.4, 0.5) is 11.9 Å². The number of nitrogens with one attached hydrogen (secondary N) is 2. The fourth-order valence-electron chi connectivity index (χ4n) is 3.74. The molecule has 3 aromatic rings. The molecule has 3 heterocycles. The van der Waals surface area contributed by atoms with E-state index in [0.29, 0.717) is 18.4 Å². The number of aliphatic hydroxyl groups is 1. The van der Waals surface area contributed by atoms with Gasteiger partial charge in [0.15, 0.2) is 5.65 Å². The molecule has 0 saturated carbocycles. The van der Waals surface area contributed by atoms with Crippen LogP contribution in [0.15, 0.2) is 47.6 Å². The molecule has 174 valence electrons. The molecule has 0 amide bonds. The van der Waals surface area contributed by atoms with E-state index in [9.17, 15) is 5.11 Å². The molecule has 0 aliphatic carbocycles. The summed E-state index contributed by atoms with van der Waals surface area (Å²) in [7, 11) is 0. The average Bonchev–Trinajstić information content (AvgIpc) is 3.26. The van der Waals surface area contributed by atoms with E-state index in [1.807, 2.05) is 6.20 Å². The van der Waals surface area contributed by atoms with Gasteiger partial charge in [0.1, 0.15) is 0 Å². The molecular weight excluding hydrogens is 414 g/mol. The molecule has 0 saturated heterocycles. The highest BCUT2D eigenvalue weighted by Gasteiger charge is 2.18. The van der Waals surface area contributed by atoms with Crippen LogP contribution in [0.3, 0.4) is 0 Å². The number of rotatable bonds is 9.